The quantitative estimate of drug-likeness (QED) is 0.111. The Morgan fingerprint density at radius 1 is 1.31 bits per heavy atom. The van der Waals surface area contributed by atoms with E-state index in [0.717, 1.165) is 42.6 Å². The molecular formula is C30H35ClFN7O2S. The number of hydrogen-bond donors (Lipinski definition) is 6. The average Bonchev–Trinajstić information content (AvgIpc) is 3.37. The van der Waals surface area contributed by atoms with Gasteiger partial charge in [0.1, 0.15) is 5.65 Å². The number of benzene rings is 2. The summed E-state index contributed by atoms with van der Waals surface area (Å²) < 4.78 is 16.5. The van der Waals surface area contributed by atoms with E-state index in [1.807, 2.05) is 24.3 Å². The Kier molecular flexibility index (Phi) is 9.64. The molecule has 1 aliphatic rings. The van der Waals surface area contributed by atoms with Crippen LogP contribution in [-0.2, 0) is 6.54 Å². The van der Waals surface area contributed by atoms with Gasteiger partial charge in [-0.2, -0.15) is 4.98 Å². The summed E-state index contributed by atoms with van der Waals surface area (Å²) in [5.41, 5.74) is 8.71. The zero-order chi connectivity index (χ0) is 29.8. The van der Waals surface area contributed by atoms with Crippen LogP contribution in [0.1, 0.15) is 49.8 Å². The van der Waals surface area contributed by atoms with E-state index < -0.39 is 17.6 Å². The first-order valence-electron chi connectivity index (χ1n) is 14.0. The molecule has 2 aromatic heterocycles. The topological polar surface area (TPSA) is 145 Å². The van der Waals surface area contributed by atoms with Crippen molar-refractivity contribution in [3.8, 4) is 16.9 Å². The van der Waals surface area contributed by atoms with Gasteiger partial charge in [0.05, 0.1) is 22.5 Å². The molecule has 2 aromatic carbocycles. The van der Waals surface area contributed by atoms with E-state index in [2.05, 4.69) is 20.6 Å². The Hall–Kier alpha value is -3.22. The number of halogens is 2. The highest BCUT2D eigenvalue weighted by Crippen LogP contribution is 2.31. The molecule has 3 atom stereocenters. The van der Waals surface area contributed by atoms with Crippen LogP contribution in [0.2, 0.25) is 5.02 Å². The van der Waals surface area contributed by atoms with E-state index in [0.29, 0.717) is 41.5 Å². The summed E-state index contributed by atoms with van der Waals surface area (Å²) in [6.45, 7) is 2.49. The molecule has 0 spiro atoms. The second kappa shape index (κ2) is 13.4. The van der Waals surface area contributed by atoms with Gasteiger partial charge >= 0.3 is 5.69 Å². The standard InChI is InChI=1S/C30H35ClFN7O2S/c1-17(40)14-35-15-18-11-23(27(32)24(31)12-18)26-13-20-16-39(30(41)38-28(20)37-26)22-7-5-19(6-8-22)25-4-2-3-21(36-25)9-10-42-29(33)34/h5-8,11-13,16-17,21,25,35-36,40H,2-4,9-10,14-15H2,1H3,(H3,33,34)(H,37,38,41)/t17-,21+,25+/m1/s1. The maximum atomic E-state index is 15.1. The third-order valence-corrected chi connectivity index (χ3v) is 8.46. The summed E-state index contributed by atoms with van der Waals surface area (Å²) >= 11 is 7.57. The number of H-pyrrole nitrogens is 1. The second-order valence-electron chi connectivity index (χ2n) is 10.7. The van der Waals surface area contributed by atoms with Crippen molar-refractivity contribution in [3.63, 3.8) is 0 Å². The minimum Gasteiger partial charge on any atom is -0.392 e. The number of aromatic amines is 1. The molecule has 1 saturated heterocycles. The molecule has 9 nitrogen and oxygen atoms in total. The minimum atomic E-state index is -0.565. The number of rotatable bonds is 10. The number of piperidine rings is 1. The lowest BCUT2D eigenvalue weighted by atomic mass is 9.92. The lowest BCUT2D eigenvalue weighted by Gasteiger charge is -2.31. The van der Waals surface area contributed by atoms with E-state index >= 15 is 4.39 Å². The van der Waals surface area contributed by atoms with Crippen LogP contribution in [0.4, 0.5) is 4.39 Å². The van der Waals surface area contributed by atoms with Gasteiger partial charge in [0, 0.05) is 48.1 Å². The van der Waals surface area contributed by atoms with Crippen molar-refractivity contribution in [1.29, 1.82) is 5.41 Å². The average molecular weight is 612 g/mol. The first-order valence-corrected chi connectivity index (χ1v) is 15.4. The van der Waals surface area contributed by atoms with Crippen molar-refractivity contribution in [1.82, 2.24) is 25.2 Å². The molecule has 3 heterocycles. The number of nitrogens with zero attached hydrogens (tertiary/aromatic N) is 2. The highest BCUT2D eigenvalue weighted by atomic mass is 35.5. The molecule has 0 saturated carbocycles. The minimum absolute atomic E-state index is 0.0126. The van der Waals surface area contributed by atoms with Crippen LogP contribution in [-0.4, -0.2) is 49.3 Å². The molecule has 5 rings (SSSR count). The van der Waals surface area contributed by atoms with Crippen LogP contribution >= 0.6 is 23.4 Å². The SMILES string of the molecule is C[C@@H](O)CNCc1cc(Cl)c(F)c(-c2cc3cn(-c4ccc([C@@H]5CCC[C@@H](CCSC(=N)N)N5)cc4)c(=O)nc3[nH]2)c1. The van der Waals surface area contributed by atoms with Crippen molar-refractivity contribution in [2.45, 2.75) is 57.3 Å². The fraction of sp³-hybridized carbons (Fsp3) is 0.367. The predicted molar refractivity (Wildman–Crippen MR) is 168 cm³/mol. The number of hydrogen-bond acceptors (Lipinski definition) is 7. The van der Waals surface area contributed by atoms with Gasteiger partial charge in [-0.25, -0.2) is 9.18 Å². The fourth-order valence-electron chi connectivity index (χ4n) is 5.38. The molecule has 0 unspecified atom stereocenters. The van der Waals surface area contributed by atoms with Gasteiger partial charge in [-0.1, -0.05) is 41.9 Å². The van der Waals surface area contributed by atoms with E-state index in [4.69, 9.17) is 22.7 Å². The van der Waals surface area contributed by atoms with Crippen LogP contribution in [0.25, 0.3) is 28.0 Å². The number of nitrogens with two attached hydrogens (primary N) is 1. The monoisotopic (exact) mass is 611 g/mol. The molecule has 7 N–H and O–H groups in total. The largest absolute Gasteiger partial charge is 0.392 e. The maximum absolute atomic E-state index is 15.1. The number of thioether (sulfide) groups is 1. The summed E-state index contributed by atoms with van der Waals surface area (Å²) in [5, 5.41) is 24.5. The molecule has 0 aliphatic carbocycles. The smallest absolute Gasteiger partial charge is 0.354 e. The molecule has 222 valence electrons. The highest BCUT2D eigenvalue weighted by molar-refractivity contribution is 8.13. The van der Waals surface area contributed by atoms with E-state index in [1.54, 1.807) is 31.3 Å². The highest BCUT2D eigenvalue weighted by Gasteiger charge is 2.22. The Morgan fingerprint density at radius 3 is 2.83 bits per heavy atom. The lowest BCUT2D eigenvalue weighted by molar-refractivity contribution is 0.191. The number of amidine groups is 1. The molecule has 42 heavy (non-hydrogen) atoms. The first-order chi connectivity index (χ1) is 20.2. The summed E-state index contributed by atoms with van der Waals surface area (Å²) in [6.07, 6.45) is 5.42. The zero-order valence-electron chi connectivity index (χ0n) is 23.3. The number of aliphatic hydroxyl groups excluding tert-OH is 1. The summed E-state index contributed by atoms with van der Waals surface area (Å²) in [6, 6.07) is 13.5. The molecule has 12 heteroatoms. The second-order valence-corrected chi connectivity index (χ2v) is 12.3. The van der Waals surface area contributed by atoms with Crippen molar-refractivity contribution in [2.75, 3.05) is 12.3 Å². The summed E-state index contributed by atoms with van der Waals surface area (Å²) in [4.78, 5) is 20.3. The van der Waals surface area contributed by atoms with Gasteiger partial charge in [-0.05, 0) is 67.6 Å². The van der Waals surface area contributed by atoms with E-state index in [1.165, 1.54) is 16.3 Å². The normalized spacial score (nSPS) is 17.9. The number of aliphatic hydroxyl groups is 1. The molecule has 0 bridgehead atoms. The van der Waals surface area contributed by atoms with Crippen molar-refractivity contribution in [3.05, 3.63) is 81.1 Å². The molecule has 0 amide bonds. The van der Waals surface area contributed by atoms with Crippen LogP contribution in [0.3, 0.4) is 0 Å². The van der Waals surface area contributed by atoms with Crippen molar-refractivity contribution in [2.24, 2.45) is 5.73 Å². The Morgan fingerprint density at radius 2 is 2.10 bits per heavy atom. The molecule has 0 radical (unpaired) electrons. The third-order valence-electron chi connectivity index (χ3n) is 7.43. The summed E-state index contributed by atoms with van der Waals surface area (Å²) in [5.74, 6) is 0.258. The van der Waals surface area contributed by atoms with Gasteiger partial charge in [0.15, 0.2) is 11.0 Å². The zero-order valence-corrected chi connectivity index (χ0v) is 24.9. The Balaban J connectivity index is 1.35. The van der Waals surface area contributed by atoms with Crippen LogP contribution in [0, 0.1) is 11.2 Å². The van der Waals surface area contributed by atoms with Gasteiger partial charge in [0.25, 0.3) is 0 Å². The summed E-state index contributed by atoms with van der Waals surface area (Å²) in [7, 11) is 0. The van der Waals surface area contributed by atoms with Gasteiger partial charge in [-0.15, -0.1) is 0 Å². The number of fused-ring (bicyclic) bond motifs is 1. The van der Waals surface area contributed by atoms with E-state index in [9.17, 15) is 9.90 Å². The van der Waals surface area contributed by atoms with Gasteiger partial charge in [-0.3, -0.25) is 9.98 Å². The van der Waals surface area contributed by atoms with Gasteiger partial charge < -0.3 is 26.5 Å². The van der Waals surface area contributed by atoms with E-state index in [-0.39, 0.29) is 21.8 Å². The maximum Gasteiger partial charge on any atom is 0.354 e. The van der Waals surface area contributed by atoms with Crippen LogP contribution in [0.15, 0.2) is 53.5 Å². The third kappa shape index (κ3) is 7.22. The fourth-order valence-corrected chi connectivity index (χ4v) is 6.25. The van der Waals surface area contributed by atoms with Gasteiger partial charge in [0.2, 0.25) is 0 Å². The molecular weight excluding hydrogens is 577 g/mol. The number of nitrogens with one attached hydrogen (secondary N) is 4. The molecule has 1 aliphatic heterocycles. The van der Waals surface area contributed by atoms with Crippen LogP contribution in [0.5, 0.6) is 0 Å². The molecule has 1 fully saturated rings. The van der Waals surface area contributed by atoms with Crippen molar-refractivity contribution < 1.29 is 9.50 Å². The Bertz CT molecular complexity index is 1620. The number of aromatic nitrogens is 3. The van der Waals surface area contributed by atoms with Crippen molar-refractivity contribution >= 4 is 39.6 Å². The lowest BCUT2D eigenvalue weighted by Crippen LogP contribution is -2.37. The Labute approximate surface area is 252 Å². The molecule has 4 aromatic rings. The first kappa shape index (κ1) is 30.2. The predicted octanol–water partition coefficient (Wildman–Crippen LogP) is 4.84. The van der Waals surface area contributed by atoms with Crippen LogP contribution < -0.4 is 22.1 Å².